The highest BCUT2D eigenvalue weighted by Gasteiger charge is 2.59. The lowest BCUT2D eigenvalue weighted by Crippen LogP contribution is -2.61. The maximum atomic E-state index is 10.6. The Balaban J connectivity index is 1.49. The summed E-state index contributed by atoms with van der Waals surface area (Å²) in [5, 5.41) is 30.6. The lowest BCUT2D eigenvalue weighted by Gasteiger charge is -2.44. The van der Waals surface area contributed by atoms with Crippen LogP contribution < -0.4 is 4.74 Å². The van der Waals surface area contributed by atoms with Crippen molar-refractivity contribution >= 4 is 5.90 Å². The van der Waals surface area contributed by atoms with E-state index in [2.05, 4.69) is 17.1 Å². The van der Waals surface area contributed by atoms with E-state index in [0.717, 1.165) is 36.3 Å². The van der Waals surface area contributed by atoms with Crippen molar-refractivity contribution in [3.05, 3.63) is 64.7 Å². The Morgan fingerprint density at radius 3 is 2.77 bits per heavy atom. The van der Waals surface area contributed by atoms with Crippen LogP contribution in [-0.4, -0.2) is 58.8 Å². The lowest BCUT2D eigenvalue weighted by atomic mass is 9.85. The van der Waals surface area contributed by atoms with Crippen LogP contribution in [0.25, 0.3) is 0 Å². The monoisotopic (exact) mass is 411 g/mol. The minimum absolute atomic E-state index is 0.369. The molecule has 0 saturated carbocycles. The topological polar surface area (TPSA) is 101 Å². The average molecular weight is 411 g/mol. The molecule has 7 nitrogen and oxygen atoms in total. The van der Waals surface area contributed by atoms with E-state index in [1.54, 1.807) is 6.92 Å². The molecule has 2 aromatic carbocycles. The summed E-state index contributed by atoms with van der Waals surface area (Å²) in [5.74, 6) is 1.33. The third-order valence-corrected chi connectivity index (χ3v) is 6.06. The quantitative estimate of drug-likeness (QED) is 0.701. The van der Waals surface area contributed by atoms with Crippen LogP contribution in [0.3, 0.4) is 0 Å². The zero-order valence-corrected chi connectivity index (χ0v) is 16.7. The molecule has 1 saturated heterocycles. The maximum Gasteiger partial charge on any atom is 0.228 e. The number of ether oxygens (including phenoxy) is 3. The first-order chi connectivity index (χ1) is 14.5. The molecule has 0 aromatic heterocycles. The Hall–Kier alpha value is -2.45. The lowest BCUT2D eigenvalue weighted by molar-refractivity contribution is -0.262. The number of hydrogen-bond donors (Lipinski definition) is 3. The van der Waals surface area contributed by atoms with Gasteiger partial charge >= 0.3 is 0 Å². The van der Waals surface area contributed by atoms with Gasteiger partial charge in [-0.3, -0.25) is 0 Å². The van der Waals surface area contributed by atoms with Crippen LogP contribution in [0.15, 0.2) is 47.5 Å². The first-order valence-corrected chi connectivity index (χ1v) is 10.2. The van der Waals surface area contributed by atoms with E-state index in [9.17, 15) is 15.3 Å². The van der Waals surface area contributed by atoms with Crippen molar-refractivity contribution in [2.24, 2.45) is 4.99 Å². The predicted molar refractivity (Wildman–Crippen MR) is 109 cm³/mol. The number of nitrogens with zero attached hydrogens (tertiary/aromatic N) is 1. The van der Waals surface area contributed by atoms with Gasteiger partial charge < -0.3 is 29.5 Å². The first kappa shape index (κ1) is 19.5. The Labute approximate surface area is 174 Å². The van der Waals surface area contributed by atoms with E-state index in [-0.39, 0.29) is 0 Å². The van der Waals surface area contributed by atoms with Crippen molar-refractivity contribution in [3.8, 4) is 5.75 Å². The first-order valence-electron chi connectivity index (χ1n) is 10.2. The molecule has 0 aliphatic carbocycles. The summed E-state index contributed by atoms with van der Waals surface area (Å²) < 4.78 is 17.4. The number of aliphatic hydroxyl groups excluding tert-OH is 3. The molecule has 1 fully saturated rings. The molecule has 0 bridgehead atoms. The zero-order valence-electron chi connectivity index (χ0n) is 16.7. The molecular formula is C23H25NO6. The van der Waals surface area contributed by atoms with Gasteiger partial charge in [0.05, 0.1) is 13.2 Å². The van der Waals surface area contributed by atoms with E-state index < -0.39 is 36.7 Å². The van der Waals surface area contributed by atoms with Crippen molar-refractivity contribution in [1.29, 1.82) is 0 Å². The zero-order chi connectivity index (χ0) is 20.9. The van der Waals surface area contributed by atoms with Crippen LogP contribution >= 0.6 is 0 Å². The van der Waals surface area contributed by atoms with Gasteiger partial charge in [-0.2, -0.15) is 0 Å². The second kappa shape index (κ2) is 7.35. The van der Waals surface area contributed by atoms with Gasteiger partial charge in [0, 0.05) is 18.9 Å². The second-order valence-corrected chi connectivity index (χ2v) is 8.10. The number of aliphatic hydroxyl groups is 3. The molecule has 3 heterocycles. The molecule has 30 heavy (non-hydrogen) atoms. The van der Waals surface area contributed by atoms with Gasteiger partial charge in [-0.15, -0.1) is 0 Å². The highest BCUT2D eigenvalue weighted by atomic mass is 16.6. The Kier molecular flexibility index (Phi) is 4.78. The van der Waals surface area contributed by atoms with Crippen LogP contribution in [0.2, 0.25) is 0 Å². The summed E-state index contributed by atoms with van der Waals surface area (Å²) in [5.41, 5.74) is 2.88. The molecule has 0 amide bonds. The molecule has 0 radical (unpaired) electrons. The summed E-state index contributed by atoms with van der Waals surface area (Å²) in [6.45, 7) is 1.98. The van der Waals surface area contributed by atoms with Gasteiger partial charge in [-0.25, -0.2) is 4.99 Å². The van der Waals surface area contributed by atoms with Crippen molar-refractivity contribution in [3.63, 3.8) is 0 Å². The second-order valence-electron chi connectivity index (χ2n) is 8.10. The summed E-state index contributed by atoms with van der Waals surface area (Å²) in [6.07, 6.45) is -2.70. The van der Waals surface area contributed by atoms with Crippen molar-refractivity contribution in [2.45, 2.75) is 49.9 Å². The fourth-order valence-corrected chi connectivity index (χ4v) is 4.61. The summed E-state index contributed by atoms with van der Waals surface area (Å²) in [4.78, 5) is 4.56. The molecule has 2 unspecified atom stereocenters. The Morgan fingerprint density at radius 2 is 1.93 bits per heavy atom. The third kappa shape index (κ3) is 3.09. The Morgan fingerprint density at radius 1 is 1.10 bits per heavy atom. The van der Waals surface area contributed by atoms with Crippen LogP contribution in [-0.2, 0) is 28.0 Å². The number of rotatable bonds is 4. The number of benzene rings is 2. The van der Waals surface area contributed by atoms with Crippen LogP contribution in [0, 0.1) is 0 Å². The molecule has 5 rings (SSSR count). The SMILES string of the molecule is CC1=NC2(c3cccc(Cc4ccc5c(c4)CCO5)c3)O[C@H](CO)[C@@H](O)[C@H](O)C2O1. The molecule has 3 aliphatic rings. The van der Waals surface area contributed by atoms with E-state index in [0.29, 0.717) is 5.90 Å². The summed E-state index contributed by atoms with van der Waals surface area (Å²) >= 11 is 0. The number of fused-ring (bicyclic) bond motifs is 2. The van der Waals surface area contributed by atoms with Crippen LogP contribution in [0.4, 0.5) is 0 Å². The van der Waals surface area contributed by atoms with E-state index >= 15 is 0 Å². The van der Waals surface area contributed by atoms with Gasteiger partial charge in [0.25, 0.3) is 0 Å². The average Bonchev–Trinajstić information content (AvgIpc) is 3.35. The standard InChI is InChI=1S/C23H25NO6/c1-13-24-23(22(29-13)21(27)20(26)19(12-25)30-23)17-4-2-3-14(11-17)9-15-5-6-18-16(10-15)7-8-28-18/h2-6,10-11,19-22,25-27H,7-9,12H2,1H3/t19-,20-,21+,22?,23?/m1/s1. The minimum Gasteiger partial charge on any atom is -0.493 e. The number of hydrogen-bond acceptors (Lipinski definition) is 7. The fourth-order valence-electron chi connectivity index (χ4n) is 4.61. The van der Waals surface area contributed by atoms with Crippen molar-refractivity contribution in [2.75, 3.05) is 13.2 Å². The normalized spacial score (nSPS) is 32.1. The summed E-state index contributed by atoms with van der Waals surface area (Å²) in [6, 6.07) is 14.1. The van der Waals surface area contributed by atoms with E-state index in [1.165, 1.54) is 11.1 Å². The van der Waals surface area contributed by atoms with Crippen LogP contribution in [0.5, 0.6) is 5.75 Å². The van der Waals surface area contributed by atoms with Crippen LogP contribution in [0.1, 0.15) is 29.2 Å². The predicted octanol–water partition coefficient (Wildman–Crippen LogP) is 1.30. The Bertz CT molecular complexity index is 991. The largest absolute Gasteiger partial charge is 0.493 e. The minimum atomic E-state index is -1.31. The van der Waals surface area contributed by atoms with Gasteiger partial charge in [0.2, 0.25) is 5.72 Å². The molecule has 0 spiro atoms. The van der Waals surface area contributed by atoms with Gasteiger partial charge in [-0.05, 0) is 29.2 Å². The van der Waals surface area contributed by atoms with Crippen molar-refractivity contribution in [1.82, 2.24) is 0 Å². The fraction of sp³-hybridized carbons (Fsp3) is 0.435. The molecular weight excluding hydrogens is 386 g/mol. The number of aliphatic imine (C=N–C) groups is 1. The van der Waals surface area contributed by atoms with Gasteiger partial charge in [0.15, 0.2) is 12.0 Å². The molecule has 2 aromatic rings. The maximum absolute atomic E-state index is 10.6. The van der Waals surface area contributed by atoms with E-state index in [1.807, 2.05) is 30.3 Å². The van der Waals surface area contributed by atoms with Crippen molar-refractivity contribution < 1.29 is 29.5 Å². The molecule has 5 atom stereocenters. The molecule has 3 aliphatic heterocycles. The van der Waals surface area contributed by atoms with Gasteiger partial charge in [0.1, 0.15) is 24.1 Å². The third-order valence-electron chi connectivity index (χ3n) is 6.06. The smallest absolute Gasteiger partial charge is 0.228 e. The van der Waals surface area contributed by atoms with E-state index in [4.69, 9.17) is 14.2 Å². The van der Waals surface area contributed by atoms with Gasteiger partial charge in [-0.1, -0.05) is 36.4 Å². The molecule has 3 N–H and O–H groups in total. The molecule has 7 heteroatoms. The highest BCUT2D eigenvalue weighted by molar-refractivity contribution is 5.76. The highest BCUT2D eigenvalue weighted by Crippen LogP contribution is 2.45. The molecule has 158 valence electrons. The summed E-state index contributed by atoms with van der Waals surface area (Å²) in [7, 11) is 0.